The highest BCUT2D eigenvalue weighted by molar-refractivity contribution is 6.09. The lowest BCUT2D eigenvalue weighted by Crippen LogP contribution is -2.46. The number of carbonyl (C=O) groups is 3. The van der Waals surface area contributed by atoms with Crippen molar-refractivity contribution < 1.29 is 23.7 Å². The van der Waals surface area contributed by atoms with Gasteiger partial charge in [-0.1, -0.05) is 12.8 Å². The van der Waals surface area contributed by atoms with Crippen LogP contribution in [0.15, 0.2) is 18.2 Å². The van der Waals surface area contributed by atoms with E-state index >= 15 is 0 Å². The quantitative estimate of drug-likeness (QED) is 0.501. The van der Waals surface area contributed by atoms with E-state index in [0.717, 1.165) is 29.9 Å². The predicted octanol–water partition coefficient (Wildman–Crippen LogP) is 2.24. The summed E-state index contributed by atoms with van der Waals surface area (Å²) in [6.45, 7) is 1.43. The van der Waals surface area contributed by atoms with Gasteiger partial charge in [-0.2, -0.15) is 4.39 Å². The summed E-state index contributed by atoms with van der Waals surface area (Å²) < 4.78 is 13.4. The number of nitro groups is 1. The largest absolute Gasteiger partial charge is 0.324 e. The number of hydrogen-bond acceptors (Lipinski definition) is 5. The number of likely N-dealkylation sites (tertiary alicyclic amines) is 1. The van der Waals surface area contributed by atoms with Gasteiger partial charge in [0.25, 0.3) is 0 Å². The number of amides is 3. The summed E-state index contributed by atoms with van der Waals surface area (Å²) in [7, 11) is 0. The van der Waals surface area contributed by atoms with Crippen LogP contribution in [0.3, 0.4) is 0 Å². The van der Waals surface area contributed by atoms with E-state index in [1.807, 2.05) is 0 Å². The smallest absolute Gasteiger partial charge is 0.306 e. The van der Waals surface area contributed by atoms with E-state index in [2.05, 4.69) is 5.32 Å². The fourth-order valence-corrected chi connectivity index (χ4v) is 3.66. The van der Waals surface area contributed by atoms with Gasteiger partial charge in [0.15, 0.2) is 0 Å². The lowest BCUT2D eigenvalue weighted by atomic mass is 9.81. The highest BCUT2D eigenvalue weighted by Crippen LogP contribution is 2.39. The number of carbonyl (C=O) groups excluding carboxylic acids is 3. The molecule has 8 nitrogen and oxygen atoms in total. The number of halogens is 1. The van der Waals surface area contributed by atoms with Crippen LogP contribution < -0.4 is 5.32 Å². The molecule has 1 aromatic carbocycles. The zero-order valence-electron chi connectivity index (χ0n) is 14.1. The minimum absolute atomic E-state index is 0.0199. The highest BCUT2D eigenvalue weighted by atomic mass is 19.1. The molecule has 1 saturated heterocycles. The number of nitro benzene ring substituents is 1. The Morgan fingerprint density at radius 3 is 2.38 bits per heavy atom. The maximum Gasteiger partial charge on any atom is 0.306 e. The van der Waals surface area contributed by atoms with Crippen molar-refractivity contribution >= 4 is 29.1 Å². The van der Waals surface area contributed by atoms with Crippen molar-refractivity contribution in [2.75, 3.05) is 5.32 Å². The van der Waals surface area contributed by atoms with Crippen molar-refractivity contribution in [3.63, 3.8) is 0 Å². The van der Waals surface area contributed by atoms with Gasteiger partial charge in [-0.15, -0.1) is 0 Å². The Labute approximate surface area is 148 Å². The van der Waals surface area contributed by atoms with Crippen LogP contribution in [0.4, 0.5) is 15.8 Å². The van der Waals surface area contributed by atoms with Crippen molar-refractivity contribution in [1.29, 1.82) is 0 Å². The van der Waals surface area contributed by atoms with E-state index in [4.69, 9.17) is 0 Å². The number of nitrogens with zero attached hydrogens (tertiary/aromatic N) is 2. The Hall–Kier alpha value is -2.84. The Morgan fingerprint density at radius 2 is 1.85 bits per heavy atom. The van der Waals surface area contributed by atoms with Crippen molar-refractivity contribution in [3.05, 3.63) is 34.1 Å². The van der Waals surface area contributed by atoms with Gasteiger partial charge in [0, 0.05) is 11.8 Å². The molecule has 3 amide bonds. The SMILES string of the molecule is CC(C(=O)Nc1ccc(F)c([N+](=O)[O-])c1)N1C(=O)C2CCCCC2C1=O. The van der Waals surface area contributed by atoms with Crippen LogP contribution in [-0.4, -0.2) is 33.6 Å². The summed E-state index contributed by atoms with van der Waals surface area (Å²) in [5.41, 5.74) is -0.749. The molecule has 138 valence electrons. The van der Waals surface area contributed by atoms with Crippen LogP contribution in [0.25, 0.3) is 0 Å². The van der Waals surface area contributed by atoms with Crippen LogP contribution in [0.5, 0.6) is 0 Å². The van der Waals surface area contributed by atoms with Crippen molar-refractivity contribution in [3.8, 4) is 0 Å². The lowest BCUT2D eigenvalue weighted by molar-refractivity contribution is -0.387. The first kappa shape index (κ1) is 18.0. The second kappa shape index (κ2) is 6.81. The molecular formula is C17H18FN3O5. The molecule has 0 bridgehead atoms. The van der Waals surface area contributed by atoms with Gasteiger partial charge in [0.2, 0.25) is 23.5 Å². The first-order valence-corrected chi connectivity index (χ1v) is 8.43. The van der Waals surface area contributed by atoms with Gasteiger partial charge in [-0.3, -0.25) is 29.4 Å². The summed E-state index contributed by atoms with van der Waals surface area (Å²) in [6.07, 6.45) is 3.05. The molecule has 1 aliphatic carbocycles. The lowest BCUT2D eigenvalue weighted by Gasteiger charge is -2.22. The van der Waals surface area contributed by atoms with Gasteiger partial charge in [-0.25, -0.2) is 0 Å². The van der Waals surface area contributed by atoms with Crippen LogP contribution in [0.2, 0.25) is 0 Å². The summed E-state index contributed by atoms with van der Waals surface area (Å²) in [4.78, 5) is 48.4. The molecule has 1 N–H and O–H groups in total. The molecule has 1 heterocycles. The van der Waals surface area contributed by atoms with E-state index in [0.29, 0.717) is 12.8 Å². The first-order chi connectivity index (χ1) is 12.3. The van der Waals surface area contributed by atoms with Gasteiger partial charge in [0.1, 0.15) is 6.04 Å². The van der Waals surface area contributed by atoms with Gasteiger partial charge >= 0.3 is 5.69 Å². The van der Waals surface area contributed by atoms with Crippen LogP contribution >= 0.6 is 0 Å². The minimum Gasteiger partial charge on any atom is -0.324 e. The second-order valence-electron chi connectivity index (χ2n) is 6.63. The van der Waals surface area contributed by atoms with E-state index in [1.165, 1.54) is 13.0 Å². The number of benzene rings is 1. The molecular weight excluding hydrogens is 345 g/mol. The van der Waals surface area contributed by atoms with E-state index in [1.54, 1.807) is 0 Å². The number of rotatable bonds is 4. The predicted molar refractivity (Wildman–Crippen MR) is 88.4 cm³/mol. The molecule has 0 aromatic heterocycles. The average molecular weight is 363 g/mol. The maximum atomic E-state index is 13.4. The zero-order chi connectivity index (χ0) is 19.0. The molecule has 0 spiro atoms. The number of nitrogens with one attached hydrogen (secondary N) is 1. The average Bonchev–Trinajstić information content (AvgIpc) is 2.87. The molecule has 26 heavy (non-hydrogen) atoms. The molecule has 9 heteroatoms. The fourth-order valence-electron chi connectivity index (χ4n) is 3.66. The molecule has 3 rings (SSSR count). The van der Waals surface area contributed by atoms with Gasteiger partial charge in [-0.05, 0) is 31.9 Å². The Balaban J connectivity index is 1.76. The molecule has 2 aliphatic rings. The summed E-state index contributed by atoms with van der Waals surface area (Å²) >= 11 is 0. The van der Waals surface area contributed by atoms with Crippen LogP contribution in [0, 0.1) is 27.8 Å². The molecule has 2 fully saturated rings. The summed E-state index contributed by atoms with van der Waals surface area (Å²) in [5.74, 6) is -3.09. The van der Waals surface area contributed by atoms with Crippen molar-refractivity contribution in [1.82, 2.24) is 4.90 Å². The Kier molecular flexibility index (Phi) is 4.71. The summed E-state index contributed by atoms with van der Waals surface area (Å²) in [6, 6.07) is 1.90. The third-order valence-corrected chi connectivity index (χ3v) is 5.05. The summed E-state index contributed by atoms with van der Waals surface area (Å²) in [5, 5.41) is 13.2. The molecule has 1 aliphatic heterocycles. The fraction of sp³-hybridized carbons (Fsp3) is 0.471. The third-order valence-electron chi connectivity index (χ3n) is 5.05. The molecule has 3 atom stereocenters. The number of hydrogen-bond donors (Lipinski definition) is 1. The second-order valence-corrected chi connectivity index (χ2v) is 6.63. The third kappa shape index (κ3) is 3.04. The standard InChI is InChI=1S/C17H18FN3O5/c1-9(20-16(23)11-4-2-3-5-12(11)17(20)24)15(22)19-10-6-7-13(18)14(8-10)21(25)26/h6-9,11-12H,2-5H2,1H3,(H,19,22). The van der Waals surface area contributed by atoms with E-state index in [-0.39, 0.29) is 29.3 Å². The number of fused-ring (bicyclic) bond motifs is 1. The first-order valence-electron chi connectivity index (χ1n) is 8.43. The van der Waals surface area contributed by atoms with Crippen molar-refractivity contribution in [2.45, 2.75) is 38.6 Å². The monoisotopic (exact) mass is 363 g/mol. The number of imide groups is 1. The normalized spacial score (nSPS) is 23.5. The van der Waals surface area contributed by atoms with Crippen LogP contribution in [-0.2, 0) is 14.4 Å². The highest BCUT2D eigenvalue weighted by Gasteiger charge is 2.50. The molecule has 1 aromatic rings. The molecule has 1 saturated carbocycles. The molecule has 0 radical (unpaired) electrons. The van der Waals surface area contributed by atoms with Gasteiger partial charge < -0.3 is 5.32 Å². The molecule has 3 unspecified atom stereocenters. The maximum absolute atomic E-state index is 13.4. The topological polar surface area (TPSA) is 110 Å². The Bertz CT molecular complexity index is 773. The minimum atomic E-state index is -1.05. The van der Waals surface area contributed by atoms with Crippen LogP contribution in [0.1, 0.15) is 32.6 Å². The Morgan fingerprint density at radius 1 is 1.27 bits per heavy atom. The number of anilines is 1. The van der Waals surface area contributed by atoms with E-state index in [9.17, 15) is 28.9 Å². The van der Waals surface area contributed by atoms with E-state index < -0.39 is 28.4 Å². The van der Waals surface area contributed by atoms with Gasteiger partial charge in [0.05, 0.1) is 16.8 Å². The zero-order valence-corrected chi connectivity index (χ0v) is 14.1. The van der Waals surface area contributed by atoms with Crippen molar-refractivity contribution in [2.24, 2.45) is 11.8 Å².